The van der Waals surface area contributed by atoms with Crippen LogP contribution in [0.2, 0.25) is 0 Å². The molecule has 0 aliphatic heterocycles. The highest BCUT2D eigenvalue weighted by molar-refractivity contribution is 6.25. The Hall–Kier alpha value is -15.4. The van der Waals surface area contributed by atoms with Gasteiger partial charge in [-0.15, -0.1) is 0 Å². The zero-order valence-corrected chi connectivity index (χ0v) is 62.9. The van der Waals surface area contributed by atoms with E-state index < -0.39 is 0 Å². The van der Waals surface area contributed by atoms with Gasteiger partial charge in [0.1, 0.15) is 0 Å². The summed E-state index contributed by atoms with van der Waals surface area (Å²) in [7, 11) is 0. The second-order valence-electron chi connectivity index (χ2n) is 31.8. The van der Waals surface area contributed by atoms with Crippen LogP contribution in [0.3, 0.4) is 0 Å². The molecule has 20 aromatic carbocycles. The molecule has 4 heterocycles. The standard InChI is InChI=1S/C112H66N4/c1-3-23-80(24-4-1)113-102-34-13-11-29-88(102)99-61-74(45-56-104(99)113)76-44-53-89-93-54-40-69-18-7-9-27-84(69)111(93)116(106(89)65-76)83-49-38-68(39-50-83)73-43-52-87-98(60-73)92-33-17-22-77-58-79(64-101(87)109(77)92)96-63-78(75-46-57-105-100(62-75)94-55-41-70-19-8-10-28-85(70)112(94)115(105)81-25-5-2-6-26-81)66-107-110(96)95-30-12-14-35-103(95)114(107)82-47-36-67(37-48-82)72-42-51-86-90-31-15-20-71-21-16-32-91(108(71)90)97(86)59-72/h1-66H. The van der Waals surface area contributed by atoms with Gasteiger partial charge < -0.3 is 18.3 Å². The molecule has 0 saturated carbocycles. The number of hydrogen-bond acceptors (Lipinski definition) is 0. The summed E-state index contributed by atoms with van der Waals surface area (Å²) in [5.41, 5.74) is 36.1. The van der Waals surface area contributed by atoms with Crippen LogP contribution in [0.15, 0.2) is 400 Å². The van der Waals surface area contributed by atoms with E-state index in [9.17, 15) is 0 Å². The van der Waals surface area contributed by atoms with Gasteiger partial charge in [0.2, 0.25) is 0 Å². The average Bonchev–Trinajstić information content (AvgIpc) is 1.12. The predicted molar refractivity (Wildman–Crippen MR) is 490 cm³/mol. The first-order valence-electron chi connectivity index (χ1n) is 40.3. The van der Waals surface area contributed by atoms with E-state index >= 15 is 0 Å². The smallest absolute Gasteiger partial charge is 0.0619 e. The molecule has 26 rings (SSSR count). The summed E-state index contributed by atoms with van der Waals surface area (Å²) in [4.78, 5) is 0. The summed E-state index contributed by atoms with van der Waals surface area (Å²) in [6, 6.07) is 151. The van der Waals surface area contributed by atoms with E-state index in [4.69, 9.17) is 0 Å². The van der Waals surface area contributed by atoms with Crippen molar-refractivity contribution in [2.75, 3.05) is 0 Å². The minimum atomic E-state index is 1.11. The summed E-state index contributed by atoms with van der Waals surface area (Å²) >= 11 is 0. The van der Waals surface area contributed by atoms with Crippen LogP contribution in [-0.2, 0) is 0 Å². The first-order chi connectivity index (χ1) is 57.5. The minimum Gasteiger partial charge on any atom is -0.309 e. The van der Waals surface area contributed by atoms with Gasteiger partial charge in [-0.2, -0.15) is 0 Å². The number of fused-ring (bicyclic) bond motifs is 22. The Morgan fingerprint density at radius 1 is 0.129 bits per heavy atom. The highest BCUT2D eigenvalue weighted by atomic mass is 15.0. The second kappa shape index (κ2) is 24.1. The number of benzene rings is 20. The fraction of sp³-hybridized carbons (Fsp3) is 0. The molecule has 0 fully saturated rings. The van der Waals surface area contributed by atoms with Gasteiger partial charge in [-0.25, -0.2) is 0 Å². The quantitative estimate of drug-likeness (QED) is 0.137. The van der Waals surface area contributed by atoms with Crippen LogP contribution in [0.4, 0.5) is 0 Å². The molecule has 0 N–H and O–H groups in total. The van der Waals surface area contributed by atoms with Crippen molar-refractivity contribution >= 4 is 130 Å². The van der Waals surface area contributed by atoms with E-state index in [1.54, 1.807) is 0 Å². The molecule has 0 unspecified atom stereocenters. The maximum Gasteiger partial charge on any atom is 0.0619 e. The lowest BCUT2D eigenvalue weighted by atomic mass is 9.91. The Labute approximate surface area is 667 Å². The predicted octanol–water partition coefficient (Wildman–Crippen LogP) is 30.3. The largest absolute Gasteiger partial charge is 0.309 e. The number of aromatic nitrogens is 4. The van der Waals surface area contributed by atoms with Crippen molar-refractivity contribution in [3.05, 3.63) is 400 Å². The average molecular weight is 1470 g/mol. The van der Waals surface area contributed by atoms with Crippen molar-refractivity contribution in [3.8, 4) is 123 Å². The number of nitrogens with zero attached hydrogens (tertiary/aromatic N) is 4. The first-order valence-corrected chi connectivity index (χ1v) is 40.3. The van der Waals surface area contributed by atoms with E-state index in [-0.39, 0.29) is 0 Å². The molecule has 0 amide bonds. The van der Waals surface area contributed by atoms with Crippen LogP contribution in [0.1, 0.15) is 0 Å². The van der Waals surface area contributed by atoms with Crippen molar-refractivity contribution in [3.63, 3.8) is 0 Å². The van der Waals surface area contributed by atoms with Crippen LogP contribution < -0.4 is 0 Å². The van der Waals surface area contributed by atoms with Gasteiger partial charge in [0.15, 0.2) is 0 Å². The van der Waals surface area contributed by atoms with Crippen molar-refractivity contribution < 1.29 is 0 Å². The van der Waals surface area contributed by atoms with Crippen molar-refractivity contribution in [2.24, 2.45) is 0 Å². The normalized spacial score (nSPS) is 12.3. The Balaban J connectivity index is 0.611. The van der Waals surface area contributed by atoms with E-state index in [1.807, 2.05) is 0 Å². The Morgan fingerprint density at radius 2 is 0.509 bits per heavy atom. The fourth-order valence-corrected chi connectivity index (χ4v) is 20.6. The molecule has 0 atom stereocenters. The van der Waals surface area contributed by atoms with Crippen LogP contribution in [0.25, 0.3) is 253 Å². The van der Waals surface area contributed by atoms with Crippen molar-refractivity contribution in [1.82, 2.24) is 18.3 Å². The van der Waals surface area contributed by atoms with Crippen LogP contribution >= 0.6 is 0 Å². The molecule has 4 aromatic heterocycles. The number of para-hydroxylation sites is 4. The highest BCUT2D eigenvalue weighted by Gasteiger charge is 2.28. The monoisotopic (exact) mass is 1470 g/mol. The summed E-state index contributed by atoms with van der Waals surface area (Å²) in [6.45, 7) is 0. The van der Waals surface area contributed by atoms with Crippen LogP contribution in [-0.4, -0.2) is 18.3 Å². The van der Waals surface area contributed by atoms with Gasteiger partial charge >= 0.3 is 0 Å². The Bertz CT molecular complexity index is 8410. The van der Waals surface area contributed by atoms with Gasteiger partial charge in [0.05, 0.1) is 44.1 Å². The SMILES string of the molecule is c1ccc(-n2c3ccccc3c3cc(-c4ccc5c6ccc7ccccc7c6n(-c6ccc(-c7ccc8c(c7)-c7cccc9cc(-c%10cc(-c%11ccc%12c(c%11)c%11ccc%13ccccc%13c%11n%12-c%11ccccc%11)cc%11c%10c%10ccccc%10n%11-c%10ccc(-c%11ccc%12c(c%11)-c%11cccc%13cccc-%12c%11%13)cc%10)cc-8c79)cc6)c5c4)ccc32)cc1. The van der Waals surface area contributed by atoms with Gasteiger partial charge in [-0.3, -0.25) is 0 Å². The third kappa shape index (κ3) is 9.09. The summed E-state index contributed by atoms with van der Waals surface area (Å²) in [6.07, 6.45) is 0. The summed E-state index contributed by atoms with van der Waals surface area (Å²) < 4.78 is 9.89. The molecule has 4 nitrogen and oxygen atoms in total. The highest BCUT2D eigenvalue weighted by Crippen LogP contribution is 2.54. The number of rotatable bonds is 9. The van der Waals surface area contributed by atoms with E-state index in [1.165, 1.54) is 208 Å². The van der Waals surface area contributed by atoms with Crippen molar-refractivity contribution in [2.45, 2.75) is 0 Å². The first kappa shape index (κ1) is 63.3. The molecular formula is C112H66N4. The lowest BCUT2D eigenvalue weighted by molar-refractivity contribution is 1.18. The summed E-state index contributed by atoms with van der Waals surface area (Å²) in [5.74, 6) is 0. The molecule has 0 saturated heterocycles. The lowest BCUT2D eigenvalue weighted by Gasteiger charge is -2.15. The zero-order valence-electron chi connectivity index (χ0n) is 62.9. The van der Waals surface area contributed by atoms with Gasteiger partial charge in [-0.1, -0.05) is 273 Å². The van der Waals surface area contributed by atoms with Gasteiger partial charge in [-0.05, 0) is 260 Å². The lowest BCUT2D eigenvalue weighted by Crippen LogP contribution is -1.95. The molecule has 2 aliphatic carbocycles. The second-order valence-corrected chi connectivity index (χ2v) is 31.8. The molecule has 0 radical (unpaired) electrons. The minimum absolute atomic E-state index is 1.11. The topological polar surface area (TPSA) is 19.7 Å². The van der Waals surface area contributed by atoms with E-state index in [0.29, 0.717) is 0 Å². The molecule has 534 valence electrons. The molecule has 0 bridgehead atoms. The molecule has 24 aromatic rings. The maximum atomic E-state index is 2.52. The fourth-order valence-electron chi connectivity index (χ4n) is 20.6. The van der Waals surface area contributed by atoms with Crippen molar-refractivity contribution in [1.29, 1.82) is 0 Å². The maximum absolute atomic E-state index is 2.52. The summed E-state index contributed by atoms with van der Waals surface area (Å²) in [5, 5.41) is 19.9. The number of hydrogen-bond donors (Lipinski definition) is 0. The Morgan fingerprint density at radius 3 is 1.16 bits per heavy atom. The van der Waals surface area contributed by atoms with E-state index in [0.717, 1.165) is 44.9 Å². The molecule has 116 heavy (non-hydrogen) atoms. The molecule has 4 heteroatoms. The Kier molecular flexibility index (Phi) is 13.1. The van der Waals surface area contributed by atoms with E-state index in [2.05, 4.69) is 419 Å². The third-order valence-electron chi connectivity index (χ3n) is 25.8. The molecular weight excluding hydrogens is 1400 g/mol. The molecule has 0 spiro atoms. The zero-order chi connectivity index (χ0) is 75.5. The molecule has 2 aliphatic rings. The van der Waals surface area contributed by atoms with Crippen LogP contribution in [0, 0.1) is 0 Å². The van der Waals surface area contributed by atoms with Gasteiger partial charge in [0.25, 0.3) is 0 Å². The van der Waals surface area contributed by atoms with Crippen LogP contribution in [0.5, 0.6) is 0 Å². The third-order valence-corrected chi connectivity index (χ3v) is 25.8. The van der Waals surface area contributed by atoms with Gasteiger partial charge in [0, 0.05) is 76.6 Å².